The molecule has 3 aromatic rings. The predicted molar refractivity (Wildman–Crippen MR) is 130 cm³/mol. The molecule has 1 heterocycles. The summed E-state index contributed by atoms with van der Waals surface area (Å²) >= 11 is 7.35. The highest BCUT2D eigenvalue weighted by Gasteiger charge is 2.25. The summed E-state index contributed by atoms with van der Waals surface area (Å²) < 4.78 is 11.1. The van der Waals surface area contributed by atoms with E-state index < -0.39 is 5.97 Å². The van der Waals surface area contributed by atoms with Gasteiger partial charge in [-0.25, -0.2) is 4.79 Å². The number of aryl methyl sites for hydroxylation is 3. The van der Waals surface area contributed by atoms with E-state index in [1.54, 1.807) is 19.1 Å². The molecule has 0 fully saturated rings. The van der Waals surface area contributed by atoms with Crippen molar-refractivity contribution in [2.24, 2.45) is 0 Å². The minimum absolute atomic E-state index is 0.166. The van der Waals surface area contributed by atoms with Crippen LogP contribution < -0.4 is 10.1 Å². The Morgan fingerprint density at radius 1 is 1.00 bits per heavy atom. The zero-order chi connectivity index (χ0) is 23.4. The Kier molecular flexibility index (Phi) is 7.59. The van der Waals surface area contributed by atoms with Crippen molar-refractivity contribution in [3.8, 4) is 16.9 Å². The van der Waals surface area contributed by atoms with E-state index in [1.807, 2.05) is 52.0 Å². The first-order valence-corrected chi connectivity index (χ1v) is 11.5. The average molecular weight is 472 g/mol. The minimum Gasteiger partial charge on any atom is -0.483 e. The summed E-state index contributed by atoms with van der Waals surface area (Å²) in [5, 5.41) is 3.89. The van der Waals surface area contributed by atoms with Crippen molar-refractivity contribution in [2.45, 2.75) is 34.6 Å². The maximum Gasteiger partial charge on any atom is 0.341 e. The largest absolute Gasteiger partial charge is 0.483 e. The molecule has 0 radical (unpaired) electrons. The monoisotopic (exact) mass is 471 g/mol. The molecule has 0 spiro atoms. The van der Waals surface area contributed by atoms with E-state index in [1.165, 1.54) is 11.3 Å². The number of amides is 1. The Balaban J connectivity index is 1.88. The molecule has 1 N–H and O–H groups in total. The quantitative estimate of drug-likeness (QED) is 0.399. The van der Waals surface area contributed by atoms with Crippen molar-refractivity contribution >= 4 is 39.8 Å². The number of hydrogen-bond acceptors (Lipinski definition) is 5. The smallest absolute Gasteiger partial charge is 0.341 e. The van der Waals surface area contributed by atoms with Crippen LogP contribution >= 0.6 is 22.9 Å². The fraction of sp³-hybridized carbons (Fsp3) is 0.280. The summed E-state index contributed by atoms with van der Waals surface area (Å²) in [6, 6.07) is 11.2. The van der Waals surface area contributed by atoms with Crippen LogP contribution in [0.15, 0.2) is 36.4 Å². The van der Waals surface area contributed by atoms with Gasteiger partial charge in [-0.1, -0.05) is 35.9 Å². The minimum atomic E-state index is -0.483. The van der Waals surface area contributed by atoms with Crippen LogP contribution in [-0.4, -0.2) is 25.1 Å². The second-order valence-corrected chi connectivity index (χ2v) is 9.12. The van der Waals surface area contributed by atoms with Gasteiger partial charge in [0.1, 0.15) is 16.3 Å². The molecule has 0 unspecified atom stereocenters. The standard InChI is InChI=1S/C25H26ClNO4S/c1-6-30-25(29)22-21(18-9-11-19(26)12-10-18)17(5)32-24(22)27-20(28)13-31-23-15(3)8-7-14(2)16(23)4/h7-12H,6,13H2,1-5H3,(H,27,28). The first-order valence-electron chi connectivity index (χ1n) is 10.3. The molecule has 0 aliphatic heterocycles. The Morgan fingerprint density at radius 3 is 2.31 bits per heavy atom. The first kappa shape index (κ1) is 23.8. The number of benzene rings is 2. The Bertz CT molecular complexity index is 1150. The number of halogens is 1. The van der Waals surface area contributed by atoms with Gasteiger partial charge in [-0.2, -0.15) is 0 Å². The van der Waals surface area contributed by atoms with Crippen molar-refractivity contribution < 1.29 is 19.1 Å². The van der Waals surface area contributed by atoms with E-state index in [9.17, 15) is 9.59 Å². The fourth-order valence-corrected chi connectivity index (χ4v) is 4.65. The molecule has 0 aliphatic rings. The summed E-state index contributed by atoms with van der Waals surface area (Å²) in [5.74, 6) is -0.127. The highest BCUT2D eigenvalue weighted by Crippen LogP contribution is 2.40. The van der Waals surface area contributed by atoms with Crippen molar-refractivity contribution in [2.75, 3.05) is 18.5 Å². The third kappa shape index (κ3) is 5.14. The number of esters is 1. The Hall–Kier alpha value is -2.83. The molecule has 168 valence electrons. The molecule has 1 amide bonds. The number of carbonyl (C=O) groups is 2. The molecular weight excluding hydrogens is 446 g/mol. The summed E-state index contributed by atoms with van der Waals surface area (Å²) in [7, 11) is 0. The summed E-state index contributed by atoms with van der Waals surface area (Å²) in [6.45, 7) is 9.63. The molecule has 7 heteroatoms. The normalized spacial score (nSPS) is 10.7. The molecule has 2 aromatic carbocycles. The lowest BCUT2D eigenvalue weighted by Crippen LogP contribution is -2.21. The number of hydrogen-bond donors (Lipinski definition) is 1. The second-order valence-electron chi connectivity index (χ2n) is 7.46. The average Bonchev–Trinajstić information content (AvgIpc) is 3.07. The predicted octanol–water partition coefficient (Wildman–Crippen LogP) is 6.50. The fourth-order valence-electron chi connectivity index (χ4n) is 3.44. The van der Waals surface area contributed by atoms with Crippen LogP contribution in [0, 0.1) is 27.7 Å². The van der Waals surface area contributed by atoms with Crippen LogP contribution in [0.1, 0.15) is 38.8 Å². The number of thiophene rings is 1. The summed E-state index contributed by atoms with van der Waals surface area (Å²) in [4.78, 5) is 26.4. The molecule has 1 aromatic heterocycles. The molecule has 0 saturated heterocycles. The van der Waals surface area contributed by atoms with Crippen molar-refractivity contribution in [3.05, 3.63) is 68.6 Å². The van der Waals surface area contributed by atoms with Gasteiger partial charge in [-0.05, 0) is 69.0 Å². The first-order chi connectivity index (χ1) is 15.2. The van der Waals surface area contributed by atoms with Crippen molar-refractivity contribution in [1.29, 1.82) is 0 Å². The van der Waals surface area contributed by atoms with E-state index in [0.29, 0.717) is 21.3 Å². The number of anilines is 1. The van der Waals surface area contributed by atoms with Gasteiger partial charge < -0.3 is 14.8 Å². The lowest BCUT2D eigenvalue weighted by molar-refractivity contribution is -0.118. The van der Waals surface area contributed by atoms with Gasteiger partial charge in [0, 0.05) is 15.5 Å². The van der Waals surface area contributed by atoms with Gasteiger partial charge in [0.15, 0.2) is 6.61 Å². The highest BCUT2D eigenvalue weighted by atomic mass is 35.5. The van der Waals surface area contributed by atoms with Crippen LogP contribution in [-0.2, 0) is 9.53 Å². The van der Waals surface area contributed by atoms with E-state index in [4.69, 9.17) is 21.1 Å². The van der Waals surface area contributed by atoms with Crippen LogP contribution in [0.4, 0.5) is 5.00 Å². The molecule has 0 atom stereocenters. The van der Waals surface area contributed by atoms with Crippen LogP contribution in [0.25, 0.3) is 11.1 Å². The van der Waals surface area contributed by atoms with E-state index in [2.05, 4.69) is 5.32 Å². The summed E-state index contributed by atoms with van der Waals surface area (Å²) in [5.41, 5.74) is 4.96. The van der Waals surface area contributed by atoms with Gasteiger partial charge in [0.25, 0.3) is 5.91 Å². The van der Waals surface area contributed by atoms with Gasteiger partial charge in [-0.15, -0.1) is 11.3 Å². The van der Waals surface area contributed by atoms with E-state index >= 15 is 0 Å². The molecule has 32 heavy (non-hydrogen) atoms. The maximum atomic E-state index is 12.8. The topological polar surface area (TPSA) is 64.6 Å². The van der Waals surface area contributed by atoms with E-state index in [0.717, 1.165) is 32.7 Å². The third-order valence-electron chi connectivity index (χ3n) is 5.17. The Labute approximate surface area is 197 Å². The number of rotatable bonds is 7. The molecule has 0 bridgehead atoms. The molecule has 0 aliphatic carbocycles. The number of ether oxygens (including phenoxy) is 2. The van der Waals surface area contributed by atoms with E-state index in [-0.39, 0.29) is 19.1 Å². The lowest BCUT2D eigenvalue weighted by Gasteiger charge is -2.14. The van der Waals surface area contributed by atoms with Crippen molar-refractivity contribution in [3.63, 3.8) is 0 Å². The zero-order valence-corrected chi connectivity index (χ0v) is 20.4. The van der Waals surface area contributed by atoms with Gasteiger partial charge in [0.05, 0.1) is 6.61 Å². The summed E-state index contributed by atoms with van der Waals surface area (Å²) in [6.07, 6.45) is 0. The van der Waals surface area contributed by atoms with Crippen LogP contribution in [0.5, 0.6) is 5.75 Å². The molecular formula is C25H26ClNO4S. The third-order valence-corrected chi connectivity index (χ3v) is 6.44. The second kappa shape index (κ2) is 10.2. The molecule has 3 rings (SSSR count). The molecule has 0 saturated carbocycles. The highest BCUT2D eigenvalue weighted by molar-refractivity contribution is 7.17. The maximum absolute atomic E-state index is 12.8. The molecule has 5 nitrogen and oxygen atoms in total. The zero-order valence-electron chi connectivity index (χ0n) is 18.8. The SMILES string of the molecule is CCOC(=O)c1c(NC(=O)COc2c(C)ccc(C)c2C)sc(C)c1-c1ccc(Cl)cc1. The van der Waals surface area contributed by atoms with Crippen LogP contribution in [0.3, 0.4) is 0 Å². The number of nitrogens with one attached hydrogen (secondary N) is 1. The van der Waals surface area contributed by atoms with Crippen molar-refractivity contribution in [1.82, 2.24) is 0 Å². The Morgan fingerprint density at radius 2 is 1.66 bits per heavy atom. The van der Waals surface area contributed by atoms with Gasteiger partial charge >= 0.3 is 5.97 Å². The van der Waals surface area contributed by atoms with Crippen LogP contribution in [0.2, 0.25) is 5.02 Å². The van der Waals surface area contributed by atoms with Gasteiger partial charge in [-0.3, -0.25) is 4.79 Å². The lowest BCUT2D eigenvalue weighted by atomic mass is 10.0. The number of carbonyl (C=O) groups excluding carboxylic acids is 2. The van der Waals surface area contributed by atoms with Gasteiger partial charge in [0.2, 0.25) is 0 Å².